The fraction of sp³-hybridized carbons (Fsp3) is 0.455. The first kappa shape index (κ1) is 11.7. The van der Waals surface area contributed by atoms with Crippen molar-refractivity contribution in [2.24, 2.45) is 7.05 Å². The number of nitrogens with zero attached hydrogens (tertiary/aromatic N) is 5. The van der Waals surface area contributed by atoms with Gasteiger partial charge in [-0.2, -0.15) is 0 Å². The minimum Gasteiger partial charge on any atom is -0.307 e. The van der Waals surface area contributed by atoms with Crippen LogP contribution < -0.4 is 5.32 Å². The van der Waals surface area contributed by atoms with E-state index in [0.29, 0.717) is 0 Å². The standard InChI is InChI=1S/C11H16N6/c1-3-12-10(11-13-5-4-6-14-11)7-9-8-17(2)16-15-9/h4-6,8,10,12H,3,7H2,1-2H3. The molecule has 0 bridgehead atoms. The summed E-state index contributed by atoms with van der Waals surface area (Å²) in [6, 6.07) is 1.90. The molecule has 0 aliphatic carbocycles. The van der Waals surface area contributed by atoms with E-state index in [4.69, 9.17) is 0 Å². The molecule has 0 saturated carbocycles. The Kier molecular flexibility index (Phi) is 3.77. The van der Waals surface area contributed by atoms with E-state index in [1.54, 1.807) is 17.1 Å². The molecule has 0 saturated heterocycles. The lowest BCUT2D eigenvalue weighted by Gasteiger charge is -2.14. The van der Waals surface area contributed by atoms with E-state index >= 15 is 0 Å². The van der Waals surface area contributed by atoms with Crippen molar-refractivity contribution in [3.05, 3.63) is 36.2 Å². The third-order valence-electron chi connectivity index (χ3n) is 2.41. The number of likely N-dealkylation sites (N-methyl/N-ethyl adjacent to an activating group) is 1. The van der Waals surface area contributed by atoms with E-state index in [9.17, 15) is 0 Å². The molecule has 6 nitrogen and oxygen atoms in total. The maximum atomic E-state index is 4.27. The Bertz CT molecular complexity index is 452. The summed E-state index contributed by atoms with van der Waals surface area (Å²) in [5, 5.41) is 11.4. The molecular formula is C11H16N6. The normalized spacial score (nSPS) is 12.6. The first-order valence-corrected chi connectivity index (χ1v) is 5.65. The Balaban J connectivity index is 2.13. The Morgan fingerprint density at radius 2 is 2.12 bits per heavy atom. The van der Waals surface area contributed by atoms with Crippen molar-refractivity contribution in [3.8, 4) is 0 Å². The van der Waals surface area contributed by atoms with Gasteiger partial charge >= 0.3 is 0 Å². The number of rotatable bonds is 5. The van der Waals surface area contributed by atoms with Crippen LogP contribution in [0.1, 0.15) is 24.5 Å². The Morgan fingerprint density at radius 1 is 1.35 bits per heavy atom. The van der Waals surface area contributed by atoms with Gasteiger partial charge in [0.2, 0.25) is 0 Å². The number of aryl methyl sites for hydroxylation is 1. The molecule has 0 amide bonds. The third-order valence-corrected chi connectivity index (χ3v) is 2.41. The van der Waals surface area contributed by atoms with Crippen molar-refractivity contribution < 1.29 is 0 Å². The average Bonchev–Trinajstić information content (AvgIpc) is 2.75. The second-order valence-electron chi connectivity index (χ2n) is 3.80. The second kappa shape index (κ2) is 5.49. The zero-order valence-corrected chi connectivity index (χ0v) is 10.0. The highest BCUT2D eigenvalue weighted by Gasteiger charge is 2.15. The number of aromatic nitrogens is 5. The van der Waals surface area contributed by atoms with Crippen molar-refractivity contribution in [3.63, 3.8) is 0 Å². The zero-order valence-electron chi connectivity index (χ0n) is 10.0. The van der Waals surface area contributed by atoms with Gasteiger partial charge in [0.05, 0.1) is 11.7 Å². The zero-order chi connectivity index (χ0) is 12.1. The van der Waals surface area contributed by atoms with E-state index in [-0.39, 0.29) is 6.04 Å². The van der Waals surface area contributed by atoms with Crippen LogP contribution in [0.3, 0.4) is 0 Å². The van der Waals surface area contributed by atoms with E-state index in [1.807, 2.05) is 19.3 Å². The van der Waals surface area contributed by atoms with Crippen LogP contribution in [0.2, 0.25) is 0 Å². The molecule has 0 aliphatic heterocycles. The summed E-state index contributed by atoms with van der Waals surface area (Å²) < 4.78 is 1.70. The van der Waals surface area contributed by atoms with Crippen molar-refractivity contribution >= 4 is 0 Å². The summed E-state index contributed by atoms with van der Waals surface area (Å²) in [7, 11) is 1.86. The van der Waals surface area contributed by atoms with Gasteiger partial charge in [0.1, 0.15) is 5.82 Å². The van der Waals surface area contributed by atoms with Gasteiger partial charge < -0.3 is 5.32 Å². The Hall–Kier alpha value is -1.82. The summed E-state index contributed by atoms with van der Waals surface area (Å²) in [5.74, 6) is 0.792. The van der Waals surface area contributed by atoms with Gasteiger partial charge in [0.25, 0.3) is 0 Å². The Morgan fingerprint density at radius 3 is 2.71 bits per heavy atom. The van der Waals surface area contributed by atoms with Gasteiger partial charge in [-0.3, -0.25) is 4.68 Å². The number of nitrogens with one attached hydrogen (secondary N) is 1. The minimum absolute atomic E-state index is 0.0814. The quantitative estimate of drug-likeness (QED) is 0.813. The van der Waals surface area contributed by atoms with Gasteiger partial charge in [-0.05, 0) is 12.6 Å². The van der Waals surface area contributed by atoms with Crippen molar-refractivity contribution in [1.29, 1.82) is 0 Å². The second-order valence-corrected chi connectivity index (χ2v) is 3.80. The minimum atomic E-state index is 0.0814. The first-order valence-electron chi connectivity index (χ1n) is 5.65. The highest BCUT2D eigenvalue weighted by Crippen LogP contribution is 2.12. The lowest BCUT2D eigenvalue weighted by atomic mass is 10.1. The molecule has 0 radical (unpaired) electrons. The summed E-state index contributed by atoms with van der Waals surface area (Å²) in [6.07, 6.45) is 6.16. The van der Waals surface area contributed by atoms with E-state index < -0.39 is 0 Å². The molecule has 2 aromatic heterocycles. The van der Waals surface area contributed by atoms with Crippen LogP contribution in [0.25, 0.3) is 0 Å². The number of hydrogen-bond donors (Lipinski definition) is 1. The lowest BCUT2D eigenvalue weighted by Crippen LogP contribution is -2.25. The van der Waals surface area contributed by atoms with Gasteiger partial charge in [-0.25, -0.2) is 9.97 Å². The van der Waals surface area contributed by atoms with Crippen LogP contribution in [0, 0.1) is 0 Å². The highest BCUT2D eigenvalue weighted by molar-refractivity contribution is 5.03. The summed E-state index contributed by atoms with van der Waals surface area (Å²) in [6.45, 7) is 2.93. The average molecular weight is 232 g/mol. The topological polar surface area (TPSA) is 68.5 Å². The molecule has 1 unspecified atom stereocenters. The molecule has 2 aromatic rings. The summed E-state index contributed by atoms with van der Waals surface area (Å²) in [4.78, 5) is 8.54. The monoisotopic (exact) mass is 232 g/mol. The molecule has 0 spiro atoms. The van der Waals surface area contributed by atoms with Gasteiger partial charge in [-0.15, -0.1) is 5.10 Å². The first-order chi connectivity index (χ1) is 8.29. The van der Waals surface area contributed by atoms with Gasteiger partial charge in [0.15, 0.2) is 0 Å². The van der Waals surface area contributed by atoms with Gasteiger partial charge in [-0.1, -0.05) is 12.1 Å². The largest absolute Gasteiger partial charge is 0.307 e. The summed E-state index contributed by atoms with van der Waals surface area (Å²) in [5.41, 5.74) is 0.936. The molecule has 6 heteroatoms. The van der Waals surface area contributed by atoms with Crippen LogP contribution in [0.15, 0.2) is 24.7 Å². The van der Waals surface area contributed by atoms with Crippen molar-refractivity contribution in [2.75, 3.05) is 6.54 Å². The van der Waals surface area contributed by atoms with Crippen molar-refractivity contribution in [2.45, 2.75) is 19.4 Å². The van der Waals surface area contributed by atoms with Crippen LogP contribution in [-0.4, -0.2) is 31.5 Å². The lowest BCUT2D eigenvalue weighted by molar-refractivity contribution is 0.516. The predicted molar refractivity (Wildman–Crippen MR) is 63.2 cm³/mol. The molecule has 0 aliphatic rings. The van der Waals surface area contributed by atoms with Crippen LogP contribution in [-0.2, 0) is 13.5 Å². The molecule has 1 N–H and O–H groups in total. The smallest absolute Gasteiger partial charge is 0.145 e. The highest BCUT2D eigenvalue weighted by atomic mass is 15.4. The molecule has 0 fully saturated rings. The van der Waals surface area contributed by atoms with E-state index in [0.717, 1.165) is 24.5 Å². The molecule has 2 heterocycles. The number of hydrogen-bond acceptors (Lipinski definition) is 5. The van der Waals surface area contributed by atoms with E-state index in [1.165, 1.54) is 0 Å². The van der Waals surface area contributed by atoms with Crippen LogP contribution in [0.5, 0.6) is 0 Å². The molecule has 2 rings (SSSR count). The maximum absolute atomic E-state index is 4.27. The van der Waals surface area contributed by atoms with Crippen LogP contribution >= 0.6 is 0 Å². The summed E-state index contributed by atoms with van der Waals surface area (Å²) >= 11 is 0. The molecule has 0 aromatic carbocycles. The Labute approximate surface area is 100 Å². The molecular weight excluding hydrogens is 216 g/mol. The molecule has 1 atom stereocenters. The van der Waals surface area contributed by atoms with Crippen molar-refractivity contribution in [1.82, 2.24) is 30.3 Å². The fourth-order valence-electron chi connectivity index (χ4n) is 1.69. The predicted octanol–water partition coefficient (Wildman–Crippen LogP) is 0.498. The van der Waals surface area contributed by atoms with Crippen LogP contribution in [0.4, 0.5) is 0 Å². The molecule has 17 heavy (non-hydrogen) atoms. The fourth-order valence-corrected chi connectivity index (χ4v) is 1.69. The molecule has 90 valence electrons. The SMILES string of the molecule is CCNC(Cc1cn(C)nn1)c1ncccn1. The third kappa shape index (κ3) is 3.07. The van der Waals surface area contributed by atoms with Gasteiger partial charge in [0, 0.05) is 32.1 Å². The maximum Gasteiger partial charge on any atom is 0.145 e. The van der Waals surface area contributed by atoms with E-state index in [2.05, 4.69) is 32.5 Å².